The van der Waals surface area contributed by atoms with Crippen molar-refractivity contribution in [1.29, 1.82) is 0 Å². The van der Waals surface area contributed by atoms with Gasteiger partial charge in [-0.05, 0) is 56.0 Å². The van der Waals surface area contributed by atoms with Crippen LogP contribution in [-0.4, -0.2) is 32.5 Å². The molecule has 0 saturated carbocycles. The van der Waals surface area contributed by atoms with E-state index < -0.39 is 7.60 Å². The van der Waals surface area contributed by atoms with Gasteiger partial charge in [0.2, 0.25) is 5.52 Å². The van der Waals surface area contributed by atoms with E-state index in [0.717, 1.165) is 31.6 Å². The number of aromatic nitrogens is 1. The summed E-state index contributed by atoms with van der Waals surface area (Å²) in [6.45, 7) is 12.0. The number of anilines is 1. The van der Waals surface area contributed by atoms with E-state index in [4.69, 9.17) is 9.05 Å². The lowest BCUT2D eigenvalue weighted by molar-refractivity contribution is -0.671. The monoisotopic (exact) mass is 616 g/mol. The number of para-hydroxylation sites is 1. The van der Waals surface area contributed by atoms with Crippen LogP contribution in [0.1, 0.15) is 70.9 Å². The Labute approximate surface area is 246 Å². The minimum Gasteiger partial charge on any atom is -1.00 e. The summed E-state index contributed by atoms with van der Waals surface area (Å²) in [7, 11) is -3.02. The predicted molar refractivity (Wildman–Crippen MR) is 162 cm³/mol. The van der Waals surface area contributed by atoms with Crippen molar-refractivity contribution in [3.8, 4) is 0 Å². The third-order valence-electron chi connectivity index (χ3n) is 6.72. The van der Waals surface area contributed by atoms with Gasteiger partial charge in [0.25, 0.3) is 0 Å². The minimum atomic E-state index is -3.02. The molecule has 3 aromatic rings. The molecule has 0 unspecified atom stereocenters. The van der Waals surface area contributed by atoms with Gasteiger partial charge in [0.15, 0.2) is 6.20 Å². The normalized spacial score (nSPS) is 11.7. The maximum atomic E-state index is 12.8. The molecule has 0 aliphatic carbocycles. The van der Waals surface area contributed by atoms with Crippen LogP contribution in [0.15, 0.2) is 60.8 Å². The highest BCUT2D eigenvalue weighted by atomic mass is 79.9. The lowest BCUT2D eigenvalue weighted by Crippen LogP contribution is -3.00. The number of nitrogens with zero attached hydrogens (tertiary/aromatic N) is 2. The Hall–Kier alpha value is -1.98. The molecule has 0 N–H and O–H groups in total. The second kappa shape index (κ2) is 17.7. The number of halogens is 1. The average molecular weight is 618 g/mol. The Kier molecular flexibility index (Phi) is 15.0. The fourth-order valence-corrected chi connectivity index (χ4v) is 6.34. The highest BCUT2D eigenvalue weighted by molar-refractivity contribution is 7.53. The zero-order chi connectivity index (χ0) is 27.2. The van der Waals surface area contributed by atoms with Gasteiger partial charge in [-0.15, -0.1) is 0 Å². The predicted octanol–water partition coefficient (Wildman–Crippen LogP) is 5.36. The molecule has 1 heterocycles. The number of hydrogen-bond donors (Lipinski definition) is 0. The fraction of sp³-hybridized carbons (Fsp3) is 0.469. The summed E-state index contributed by atoms with van der Waals surface area (Å²) in [4.78, 5) is 2.52. The van der Waals surface area contributed by atoms with Gasteiger partial charge in [-0.2, -0.15) is 4.57 Å². The molecule has 7 heteroatoms. The van der Waals surface area contributed by atoms with E-state index in [2.05, 4.69) is 96.3 Å². The molecule has 3 rings (SSSR count). The van der Waals surface area contributed by atoms with Crippen LogP contribution >= 0.6 is 7.60 Å². The van der Waals surface area contributed by atoms with Crippen LogP contribution in [0.4, 0.5) is 5.69 Å². The quantitative estimate of drug-likeness (QED) is 0.151. The lowest BCUT2D eigenvalue weighted by Gasteiger charge is -2.24. The molecular formula is C32H46BrN2O3P. The summed E-state index contributed by atoms with van der Waals surface area (Å²) in [6, 6.07) is 19.6. The molecule has 0 saturated heterocycles. The summed E-state index contributed by atoms with van der Waals surface area (Å²) >= 11 is 0. The second-order valence-electron chi connectivity index (χ2n) is 9.62. The van der Waals surface area contributed by atoms with Crippen LogP contribution < -0.4 is 26.4 Å². The Morgan fingerprint density at radius 2 is 1.46 bits per heavy atom. The summed E-state index contributed by atoms with van der Waals surface area (Å²) in [6.07, 6.45) is 12.5. The third-order valence-corrected chi connectivity index (χ3v) is 8.88. The van der Waals surface area contributed by atoms with E-state index >= 15 is 0 Å². The largest absolute Gasteiger partial charge is 1.00 e. The van der Waals surface area contributed by atoms with Crippen molar-refractivity contribution in [3.63, 3.8) is 0 Å². The molecule has 0 spiro atoms. The van der Waals surface area contributed by atoms with Gasteiger partial charge in [-0.3, -0.25) is 4.57 Å². The lowest BCUT2D eigenvalue weighted by atomic mass is 10.1. The number of hydrogen-bond acceptors (Lipinski definition) is 4. The van der Waals surface area contributed by atoms with E-state index in [-0.39, 0.29) is 17.0 Å². The maximum Gasteiger partial charge on any atom is 0.330 e. The van der Waals surface area contributed by atoms with E-state index in [1.807, 2.05) is 13.8 Å². The second-order valence-corrected chi connectivity index (χ2v) is 11.8. The van der Waals surface area contributed by atoms with Gasteiger partial charge in [0, 0.05) is 37.3 Å². The van der Waals surface area contributed by atoms with Crippen LogP contribution in [0.3, 0.4) is 0 Å². The first-order chi connectivity index (χ1) is 18.5. The Morgan fingerprint density at radius 3 is 2.08 bits per heavy atom. The van der Waals surface area contributed by atoms with Crippen molar-refractivity contribution in [2.75, 3.05) is 37.4 Å². The molecular weight excluding hydrogens is 571 g/mol. The summed E-state index contributed by atoms with van der Waals surface area (Å²) in [5.74, 6) is 0. The number of pyridine rings is 1. The van der Waals surface area contributed by atoms with Gasteiger partial charge < -0.3 is 30.9 Å². The molecule has 0 atom stereocenters. The van der Waals surface area contributed by atoms with Crippen LogP contribution in [0.25, 0.3) is 23.1 Å². The van der Waals surface area contributed by atoms with E-state index in [9.17, 15) is 4.57 Å². The Balaban J connectivity index is 0.00000533. The van der Waals surface area contributed by atoms with Crippen LogP contribution in [0.2, 0.25) is 0 Å². The molecule has 0 fully saturated rings. The van der Waals surface area contributed by atoms with Crippen molar-refractivity contribution < 1.29 is 35.2 Å². The topological polar surface area (TPSA) is 42.7 Å². The fourth-order valence-electron chi connectivity index (χ4n) is 4.69. The zero-order valence-corrected chi connectivity index (χ0v) is 26.6. The maximum absolute atomic E-state index is 12.8. The number of fused-ring (bicyclic) bond motifs is 1. The summed E-state index contributed by atoms with van der Waals surface area (Å²) < 4.78 is 26.0. The zero-order valence-electron chi connectivity index (χ0n) is 24.2. The molecule has 5 nitrogen and oxygen atoms in total. The standard InChI is InChI=1S/C32H46N2O3P.BrH/c1-5-9-23-33(24-10-6-2)30-20-17-28(18-21-30)16-19-29-22-26-34(32-15-12-11-14-31(29)32)25-13-27-38(35,36-7-3)37-8-4;/h11-12,14-22,26H,5-10,13,23-25,27H2,1-4H3;1H/q+1;/p-1. The van der Waals surface area contributed by atoms with Gasteiger partial charge >= 0.3 is 7.60 Å². The van der Waals surface area contributed by atoms with Crippen molar-refractivity contribution in [1.82, 2.24) is 0 Å². The molecule has 214 valence electrons. The molecule has 0 amide bonds. The molecule has 0 aliphatic heterocycles. The highest BCUT2D eigenvalue weighted by Crippen LogP contribution is 2.48. The number of aryl methyl sites for hydroxylation is 1. The first kappa shape index (κ1) is 33.2. The third kappa shape index (κ3) is 10.2. The van der Waals surface area contributed by atoms with Crippen LogP contribution in [-0.2, 0) is 20.2 Å². The van der Waals surface area contributed by atoms with Crippen molar-refractivity contribution in [2.45, 2.75) is 66.3 Å². The number of unbranched alkanes of at least 4 members (excludes halogenated alkanes) is 2. The molecule has 1 aromatic heterocycles. The molecule has 0 radical (unpaired) electrons. The van der Waals surface area contributed by atoms with Crippen molar-refractivity contribution in [2.24, 2.45) is 0 Å². The highest BCUT2D eigenvalue weighted by Gasteiger charge is 2.24. The SMILES string of the molecule is CCCCN(CCCC)c1ccc(C=Cc2cc[n+](CCCP(=O)(OCC)OCC)c3ccccc23)cc1.[Br-]. The summed E-state index contributed by atoms with van der Waals surface area (Å²) in [5, 5.41) is 1.20. The smallest absolute Gasteiger partial charge is 0.330 e. The molecule has 0 bridgehead atoms. The van der Waals surface area contributed by atoms with Crippen LogP contribution in [0.5, 0.6) is 0 Å². The molecule has 39 heavy (non-hydrogen) atoms. The van der Waals surface area contributed by atoms with Crippen LogP contribution in [0, 0.1) is 0 Å². The summed E-state index contributed by atoms with van der Waals surface area (Å²) in [5.41, 5.74) is 4.86. The molecule has 0 aliphatic rings. The van der Waals surface area contributed by atoms with Gasteiger partial charge in [-0.25, -0.2) is 0 Å². The van der Waals surface area contributed by atoms with E-state index in [1.165, 1.54) is 47.9 Å². The van der Waals surface area contributed by atoms with Gasteiger partial charge in [-0.1, -0.05) is 63.1 Å². The Morgan fingerprint density at radius 1 is 0.821 bits per heavy atom. The first-order valence-electron chi connectivity index (χ1n) is 14.4. The minimum absolute atomic E-state index is 0. The Bertz CT molecular complexity index is 1180. The number of benzene rings is 2. The van der Waals surface area contributed by atoms with Crippen molar-refractivity contribution >= 4 is 36.3 Å². The first-order valence-corrected chi connectivity index (χ1v) is 16.1. The van der Waals surface area contributed by atoms with Crippen molar-refractivity contribution in [3.05, 3.63) is 71.9 Å². The molecule has 2 aromatic carbocycles. The van der Waals surface area contributed by atoms with E-state index in [0.29, 0.717) is 19.4 Å². The van der Waals surface area contributed by atoms with E-state index in [1.54, 1.807) is 0 Å². The number of rotatable bonds is 17. The van der Waals surface area contributed by atoms with Gasteiger partial charge in [0.05, 0.1) is 24.8 Å². The average Bonchev–Trinajstić information content (AvgIpc) is 2.93. The van der Waals surface area contributed by atoms with Gasteiger partial charge in [0.1, 0.15) is 6.54 Å².